The van der Waals surface area contributed by atoms with Crippen LogP contribution in [0.2, 0.25) is 0 Å². The first-order chi connectivity index (χ1) is 7.70. The molecule has 0 atom stereocenters. The molecule has 0 spiro atoms. The molecule has 96 valence electrons. The Labute approximate surface area is 106 Å². The van der Waals surface area contributed by atoms with Gasteiger partial charge >= 0.3 is 0 Å². The van der Waals surface area contributed by atoms with Gasteiger partial charge in [0.05, 0.1) is 6.61 Å². The molecular formula is C16H26O. The Balaban J connectivity index is 2.91. The predicted octanol–water partition coefficient (Wildman–Crippen LogP) is 4.85. The lowest BCUT2D eigenvalue weighted by molar-refractivity contribution is 0.197. The van der Waals surface area contributed by atoms with E-state index in [0.717, 1.165) is 12.4 Å². The summed E-state index contributed by atoms with van der Waals surface area (Å²) in [4.78, 5) is 0. The van der Waals surface area contributed by atoms with Gasteiger partial charge in [-0.2, -0.15) is 0 Å². The summed E-state index contributed by atoms with van der Waals surface area (Å²) in [6.45, 7) is 16.2. The van der Waals surface area contributed by atoms with Gasteiger partial charge in [0.1, 0.15) is 5.75 Å². The molecule has 0 aliphatic heterocycles. The fourth-order valence-electron chi connectivity index (χ4n) is 2.23. The minimum Gasteiger partial charge on any atom is -0.493 e. The lowest BCUT2D eigenvalue weighted by Crippen LogP contribution is -2.17. The van der Waals surface area contributed by atoms with E-state index in [9.17, 15) is 0 Å². The van der Waals surface area contributed by atoms with Crippen molar-refractivity contribution in [1.82, 2.24) is 0 Å². The van der Waals surface area contributed by atoms with E-state index >= 15 is 0 Å². The minimum absolute atomic E-state index is 0.207. The van der Waals surface area contributed by atoms with Crippen molar-refractivity contribution in [1.29, 1.82) is 0 Å². The lowest BCUT2D eigenvalue weighted by Gasteiger charge is -2.21. The van der Waals surface area contributed by atoms with Crippen LogP contribution in [0.3, 0.4) is 0 Å². The summed E-state index contributed by atoms with van der Waals surface area (Å²) < 4.78 is 5.87. The highest BCUT2D eigenvalue weighted by atomic mass is 16.5. The van der Waals surface area contributed by atoms with Gasteiger partial charge < -0.3 is 4.74 Å². The molecule has 0 saturated heterocycles. The standard InChI is InChI=1S/C16H26O/c1-11(2)15-12(3)8-14(9-13(15)4)17-10-16(5,6)7/h8-9,11H,10H2,1-7H3. The van der Waals surface area contributed by atoms with Crippen LogP contribution < -0.4 is 4.74 Å². The molecule has 1 aromatic carbocycles. The van der Waals surface area contributed by atoms with Gasteiger partial charge in [-0.3, -0.25) is 0 Å². The predicted molar refractivity (Wildman–Crippen MR) is 75.0 cm³/mol. The summed E-state index contributed by atoms with van der Waals surface area (Å²) in [5.41, 5.74) is 4.33. The number of benzene rings is 1. The third-order valence-corrected chi connectivity index (χ3v) is 2.82. The fraction of sp³-hybridized carbons (Fsp3) is 0.625. The zero-order chi connectivity index (χ0) is 13.2. The third kappa shape index (κ3) is 4.07. The maximum absolute atomic E-state index is 5.87. The molecule has 0 amide bonds. The summed E-state index contributed by atoms with van der Waals surface area (Å²) in [7, 11) is 0. The van der Waals surface area contributed by atoms with Crippen LogP contribution in [0.5, 0.6) is 5.75 Å². The number of rotatable bonds is 3. The van der Waals surface area contributed by atoms with Crippen molar-refractivity contribution in [3.8, 4) is 5.75 Å². The quantitative estimate of drug-likeness (QED) is 0.726. The Morgan fingerprint density at radius 3 is 1.88 bits per heavy atom. The van der Waals surface area contributed by atoms with Crippen molar-refractivity contribution in [2.45, 2.75) is 54.4 Å². The summed E-state index contributed by atoms with van der Waals surface area (Å²) in [5.74, 6) is 1.57. The van der Waals surface area contributed by atoms with E-state index < -0.39 is 0 Å². The van der Waals surface area contributed by atoms with Crippen LogP contribution in [0.15, 0.2) is 12.1 Å². The fourth-order valence-corrected chi connectivity index (χ4v) is 2.23. The van der Waals surface area contributed by atoms with Crippen LogP contribution in [0, 0.1) is 19.3 Å². The number of aryl methyl sites for hydroxylation is 2. The topological polar surface area (TPSA) is 9.23 Å². The molecule has 0 bridgehead atoms. The number of hydrogen-bond donors (Lipinski definition) is 0. The van der Waals surface area contributed by atoms with Gasteiger partial charge in [-0.1, -0.05) is 34.6 Å². The second-order valence-electron chi connectivity index (χ2n) is 6.47. The molecule has 1 heteroatoms. The third-order valence-electron chi connectivity index (χ3n) is 2.82. The molecule has 1 aromatic rings. The SMILES string of the molecule is Cc1cc(OCC(C)(C)C)cc(C)c1C(C)C. The Hall–Kier alpha value is -0.980. The maximum Gasteiger partial charge on any atom is 0.119 e. The van der Waals surface area contributed by atoms with Gasteiger partial charge in [0.15, 0.2) is 0 Å². The monoisotopic (exact) mass is 234 g/mol. The van der Waals surface area contributed by atoms with Crippen molar-refractivity contribution in [2.75, 3.05) is 6.61 Å². The zero-order valence-corrected chi connectivity index (χ0v) is 12.3. The molecule has 0 fully saturated rings. The van der Waals surface area contributed by atoms with Gasteiger partial charge in [0, 0.05) is 0 Å². The van der Waals surface area contributed by atoms with Crippen LogP contribution in [0.25, 0.3) is 0 Å². The van der Waals surface area contributed by atoms with Crippen LogP contribution in [-0.4, -0.2) is 6.61 Å². The molecule has 0 aliphatic rings. The Morgan fingerprint density at radius 1 is 1.06 bits per heavy atom. The lowest BCUT2D eigenvalue weighted by atomic mass is 9.93. The van der Waals surface area contributed by atoms with Gasteiger partial charge in [-0.15, -0.1) is 0 Å². The van der Waals surface area contributed by atoms with Gasteiger partial charge in [0.25, 0.3) is 0 Å². The normalized spacial score (nSPS) is 12.0. The van der Waals surface area contributed by atoms with Crippen LogP contribution in [0.4, 0.5) is 0 Å². The Bertz CT molecular complexity index is 360. The first-order valence-corrected chi connectivity index (χ1v) is 6.44. The molecule has 0 aromatic heterocycles. The highest BCUT2D eigenvalue weighted by Gasteiger charge is 2.13. The van der Waals surface area contributed by atoms with Gasteiger partial charge in [-0.05, 0) is 54.0 Å². The molecule has 0 unspecified atom stereocenters. The summed E-state index contributed by atoms with van der Waals surface area (Å²) in [6.07, 6.45) is 0. The molecule has 0 aliphatic carbocycles. The van der Waals surface area contributed by atoms with E-state index in [-0.39, 0.29) is 5.41 Å². The maximum atomic E-state index is 5.87. The largest absolute Gasteiger partial charge is 0.493 e. The van der Waals surface area contributed by atoms with Crippen molar-refractivity contribution < 1.29 is 4.74 Å². The minimum atomic E-state index is 0.207. The van der Waals surface area contributed by atoms with E-state index in [4.69, 9.17) is 4.74 Å². The Morgan fingerprint density at radius 2 is 1.53 bits per heavy atom. The highest BCUT2D eigenvalue weighted by Crippen LogP contribution is 2.28. The molecule has 0 heterocycles. The zero-order valence-electron chi connectivity index (χ0n) is 12.3. The first-order valence-electron chi connectivity index (χ1n) is 6.44. The molecular weight excluding hydrogens is 208 g/mol. The number of hydrogen-bond acceptors (Lipinski definition) is 1. The second-order valence-corrected chi connectivity index (χ2v) is 6.47. The van der Waals surface area contributed by atoms with Gasteiger partial charge in [-0.25, -0.2) is 0 Å². The molecule has 0 radical (unpaired) electrons. The van der Waals surface area contributed by atoms with Crippen molar-refractivity contribution >= 4 is 0 Å². The Kier molecular flexibility index (Phi) is 4.24. The number of ether oxygens (including phenoxy) is 1. The molecule has 17 heavy (non-hydrogen) atoms. The van der Waals surface area contributed by atoms with E-state index in [1.807, 2.05) is 0 Å². The van der Waals surface area contributed by atoms with E-state index in [1.54, 1.807) is 0 Å². The molecule has 0 saturated carbocycles. The van der Waals surface area contributed by atoms with Crippen LogP contribution in [0.1, 0.15) is 57.2 Å². The smallest absolute Gasteiger partial charge is 0.119 e. The van der Waals surface area contributed by atoms with Crippen molar-refractivity contribution in [3.05, 3.63) is 28.8 Å². The van der Waals surface area contributed by atoms with Crippen molar-refractivity contribution in [2.24, 2.45) is 5.41 Å². The molecule has 1 rings (SSSR count). The van der Waals surface area contributed by atoms with Crippen LogP contribution >= 0.6 is 0 Å². The van der Waals surface area contributed by atoms with Crippen molar-refractivity contribution in [3.63, 3.8) is 0 Å². The second kappa shape index (κ2) is 5.12. The average Bonchev–Trinajstić information content (AvgIpc) is 2.11. The highest BCUT2D eigenvalue weighted by molar-refractivity contribution is 5.42. The summed E-state index contributed by atoms with van der Waals surface area (Å²) in [5, 5.41) is 0. The van der Waals surface area contributed by atoms with Gasteiger partial charge in [0.2, 0.25) is 0 Å². The van der Waals surface area contributed by atoms with E-state index in [1.165, 1.54) is 16.7 Å². The first kappa shape index (κ1) is 14.1. The molecule has 1 nitrogen and oxygen atoms in total. The van der Waals surface area contributed by atoms with Crippen LogP contribution in [-0.2, 0) is 0 Å². The summed E-state index contributed by atoms with van der Waals surface area (Å²) >= 11 is 0. The van der Waals surface area contributed by atoms with E-state index in [0.29, 0.717) is 5.92 Å². The molecule has 0 N–H and O–H groups in total. The summed E-state index contributed by atoms with van der Waals surface area (Å²) in [6, 6.07) is 4.32. The van der Waals surface area contributed by atoms with E-state index in [2.05, 4.69) is 60.6 Å². The average molecular weight is 234 g/mol.